The van der Waals surface area contributed by atoms with Crippen LogP contribution in [0.1, 0.15) is 27.6 Å². The number of aliphatic hydroxyl groups is 1. The molecule has 2 rings (SSSR count). The molecular formula is C16H14F4N2O3S. The van der Waals surface area contributed by atoms with Gasteiger partial charge in [-0.05, 0) is 40.6 Å². The highest BCUT2D eigenvalue weighted by Crippen LogP contribution is 2.32. The highest BCUT2D eigenvalue weighted by Gasteiger charge is 2.37. The van der Waals surface area contributed by atoms with Gasteiger partial charge in [-0.25, -0.2) is 4.39 Å². The predicted octanol–water partition coefficient (Wildman–Crippen LogP) is 2.48. The molecule has 1 heterocycles. The van der Waals surface area contributed by atoms with Crippen molar-refractivity contribution in [2.75, 3.05) is 7.05 Å². The lowest BCUT2D eigenvalue weighted by molar-refractivity contribution is -0.138. The Bertz CT molecular complexity index is 793. The molecule has 0 saturated carbocycles. The largest absolute Gasteiger partial charge is 0.417 e. The van der Waals surface area contributed by atoms with Crippen LogP contribution in [-0.2, 0) is 11.0 Å². The Morgan fingerprint density at radius 3 is 2.46 bits per heavy atom. The molecule has 2 unspecified atom stereocenters. The summed E-state index contributed by atoms with van der Waals surface area (Å²) in [6, 6.07) is 1.54. The number of amides is 2. The lowest BCUT2D eigenvalue weighted by Crippen LogP contribution is -2.49. The smallest absolute Gasteiger partial charge is 0.386 e. The Morgan fingerprint density at radius 1 is 1.23 bits per heavy atom. The second-order valence-electron chi connectivity index (χ2n) is 5.25. The van der Waals surface area contributed by atoms with Gasteiger partial charge in [0.15, 0.2) is 0 Å². The summed E-state index contributed by atoms with van der Waals surface area (Å²) in [6.07, 6.45) is -6.44. The Kier molecular flexibility index (Phi) is 5.98. The summed E-state index contributed by atoms with van der Waals surface area (Å²) in [5, 5.41) is 17.8. The van der Waals surface area contributed by atoms with Crippen LogP contribution in [0.3, 0.4) is 0 Å². The van der Waals surface area contributed by atoms with Crippen LogP contribution in [0, 0.1) is 5.82 Å². The van der Waals surface area contributed by atoms with Crippen molar-refractivity contribution in [3.63, 3.8) is 0 Å². The quantitative estimate of drug-likeness (QED) is 0.687. The third-order valence-corrected chi connectivity index (χ3v) is 4.25. The second-order valence-corrected chi connectivity index (χ2v) is 6.03. The Labute approximate surface area is 149 Å². The molecule has 5 nitrogen and oxygen atoms in total. The zero-order chi connectivity index (χ0) is 19.5. The first kappa shape index (κ1) is 19.9. The first-order chi connectivity index (χ1) is 12.1. The van der Waals surface area contributed by atoms with Gasteiger partial charge in [0.2, 0.25) is 5.91 Å². The molecule has 0 aliphatic carbocycles. The van der Waals surface area contributed by atoms with Crippen LogP contribution >= 0.6 is 11.3 Å². The molecular weight excluding hydrogens is 376 g/mol. The fraction of sp³-hybridized carbons (Fsp3) is 0.250. The third-order valence-electron chi connectivity index (χ3n) is 3.55. The minimum absolute atomic E-state index is 0.194. The van der Waals surface area contributed by atoms with Crippen LogP contribution in [0.25, 0.3) is 0 Å². The average molecular weight is 390 g/mol. The molecule has 0 spiro atoms. The van der Waals surface area contributed by atoms with Crippen molar-refractivity contribution in [1.29, 1.82) is 0 Å². The summed E-state index contributed by atoms with van der Waals surface area (Å²) in [5.41, 5.74) is -2.01. The van der Waals surface area contributed by atoms with Gasteiger partial charge in [0.05, 0.1) is 11.1 Å². The molecule has 26 heavy (non-hydrogen) atoms. The molecule has 0 bridgehead atoms. The van der Waals surface area contributed by atoms with Crippen molar-refractivity contribution in [1.82, 2.24) is 10.6 Å². The summed E-state index contributed by atoms with van der Waals surface area (Å²) in [7, 11) is 1.25. The topological polar surface area (TPSA) is 78.4 Å². The molecule has 3 N–H and O–H groups in total. The van der Waals surface area contributed by atoms with Crippen molar-refractivity contribution >= 4 is 23.2 Å². The van der Waals surface area contributed by atoms with Crippen LogP contribution < -0.4 is 10.6 Å². The number of carbonyl (C=O) groups excluding carboxylic acids is 2. The van der Waals surface area contributed by atoms with Crippen molar-refractivity contribution in [2.24, 2.45) is 0 Å². The maximum Gasteiger partial charge on any atom is 0.417 e. The van der Waals surface area contributed by atoms with Crippen LogP contribution in [0.15, 0.2) is 35.0 Å². The number of aliphatic hydroxyl groups excluding tert-OH is 1. The number of benzene rings is 1. The molecule has 2 aromatic rings. The van der Waals surface area contributed by atoms with E-state index in [4.69, 9.17) is 0 Å². The normalized spacial score (nSPS) is 13.8. The van der Waals surface area contributed by atoms with E-state index in [1.165, 1.54) is 29.8 Å². The Balaban J connectivity index is 2.35. The number of likely N-dealkylation sites (N-methyl/N-ethyl adjacent to an activating group) is 1. The molecule has 1 aromatic heterocycles. The fourth-order valence-electron chi connectivity index (χ4n) is 2.25. The second kappa shape index (κ2) is 7.83. The number of alkyl halides is 3. The Morgan fingerprint density at radius 2 is 1.92 bits per heavy atom. The highest BCUT2D eigenvalue weighted by molar-refractivity contribution is 7.07. The van der Waals surface area contributed by atoms with E-state index in [1.54, 1.807) is 5.38 Å². The molecule has 0 aliphatic heterocycles. The van der Waals surface area contributed by atoms with E-state index in [0.29, 0.717) is 17.7 Å². The number of thiophene rings is 1. The van der Waals surface area contributed by atoms with Crippen LogP contribution in [0.4, 0.5) is 17.6 Å². The van der Waals surface area contributed by atoms with Crippen molar-refractivity contribution in [3.05, 3.63) is 57.5 Å². The minimum atomic E-state index is -4.97. The van der Waals surface area contributed by atoms with E-state index < -0.39 is 47.1 Å². The zero-order valence-corrected chi connectivity index (χ0v) is 14.1. The number of hydrogen-bond donors (Lipinski definition) is 3. The lowest BCUT2D eigenvalue weighted by Gasteiger charge is -2.23. The molecule has 2 atom stereocenters. The molecule has 140 valence electrons. The maximum absolute atomic E-state index is 13.2. The van der Waals surface area contributed by atoms with Crippen molar-refractivity contribution < 1.29 is 32.3 Å². The van der Waals surface area contributed by atoms with Crippen LogP contribution in [-0.4, -0.2) is 30.0 Å². The van der Waals surface area contributed by atoms with Gasteiger partial charge in [0.25, 0.3) is 5.91 Å². The molecule has 10 heteroatoms. The lowest BCUT2D eigenvalue weighted by atomic mass is 10.0. The SMILES string of the molecule is CNC(=O)C(NC(=O)c1ccc(F)cc1C(F)(F)F)C(O)c1ccsc1. The summed E-state index contributed by atoms with van der Waals surface area (Å²) >= 11 is 1.23. The zero-order valence-electron chi connectivity index (χ0n) is 13.3. The van der Waals surface area contributed by atoms with Gasteiger partial charge in [-0.15, -0.1) is 0 Å². The van der Waals surface area contributed by atoms with E-state index >= 15 is 0 Å². The van der Waals surface area contributed by atoms with E-state index in [-0.39, 0.29) is 6.07 Å². The Hall–Kier alpha value is -2.46. The van der Waals surface area contributed by atoms with Gasteiger partial charge in [-0.2, -0.15) is 24.5 Å². The number of rotatable bonds is 5. The van der Waals surface area contributed by atoms with Gasteiger partial charge in [0.1, 0.15) is 18.0 Å². The van der Waals surface area contributed by atoms with Gasteiger partial charge in [-0.1, -0.05) is 0 Å². The number of nitrogens with one attached hydrogen (secondary N) is 2. The summed E-state index contributed by atoms with van der Waals surface area (Å²) < 4.78 is 52.3. The average Bonchev–Trinajstić information content (AvgIpc) is 3.12. The van der Waals surface area contributed by atoms with E-state index in [1.807, 2.05) is 0 Å². The molecule has 2 amide bonds. The van der Waals surface area contributed by atoms with Crippen LogP contribution in [0.5, 0.6) is 0 Å². The standard InChI is InChI=1S/C16H14F4N2O3S/c1-21-15(25)12(13(23)8-4-5-26-7-8)22-14(24)10-3-2-9(17)6-11(10)16(18,19)20/h2-7,12-13,23H,1H3,(H,21,25)(H,22,24). The third kappa shape index (κ3) is 4.38. The number of carbonyl (C=O) groups is 2. The van der Waals surface area contributed by atoms with Crippen LogP contribution in [0.2, 0.25) is 0 Å². The summed E-state index contributed by atoms with van der Waals surface area (Å²) in [4.78, 5) is 24.3. The first-order valence-electron chi connectivity index (χ1n) is 7.24. The van der Waals surface area contributed by atoms with E-state index in [9.17, 15) is 32.3 Å². The number of halogens is 4. The number of hydrogen-bond acceptors (Lipinski definition) is 4. The molecule has 0 aliphatic rings. The molecule has 0 fully saturated rings. The van der Waals surface area contributed by atoms with Gasteiger partial charge in [-0.3, -0.25) is 9.59 Å². The van der Waals surface area contributed by atoms with Gasteiger partial charge < -0.3 is 15.7 Å². The maximum atomic E-state index is 13.2. The van der Waals surface area contributed by atoms with Crippen molar-refractivity contribution in [3.8, 4) is 0 Å². The molecule has 0 saturated heterocycles. The summed E-state index contributed by atoms with van der Waals surface area (Å²) in [5.74, 6) is -3.22. The minimum Gasteiger partial charge on any atom is -0.386 e. The monoisotopic (exact) mass is 390 g/mol. The predicted molar refractivity (Wildman–Crippen MR) is 86.0 cm³/mol. The molecule has 1 aromatic carbocycles. The fourth-order valence-corrected chi connectivity index (χ4v) is 2.94. The van der Waals surface area contributed by atoms with Gasteiger partial charge >= 0.3 is 6.18 Å². The first-order valence-corrected chi connectivity index (χ1v) is 8.18. The van der Waals surface area contributed by atoms with E-state index in [2.05, 4.69) is 10.6 Å². The van der Waals surface area contributed by atoms with E-state index in [0.717, 1.165) is 0 Å². The van der Waals surface area contributed by atoms with Crippen molar-refractivity contribution in [2.45, 2.75) is 18.3 Å². The molecule has 0 radical (unpaired) electrons. The highest BCUT2D eigenvalue weighted by atomic mass is 32.1. The van der Waals surface area contributed by atoms with Gasteiger partial charge in [0, 0.05) is 7.05 Å². The summed E-state index contributed by atoms with van der Waals surface area (Å²) in [6.45, 7) is 0.